The number of fused-ring (bicyclic) bond motifs is 1. The summed E-state index contributed by atoms with van der Waals surface area (Å²) in [6.07, 6.45) is 1.51. The Balaban J connectivity index is 1.65. The maximum absolute atomic E-state index is 13.2. The molecule has 1 saturated heterocycles. The van der Waals surface area contributed by atoms with E-state index in [1.165, 1.54) is 18.3 Å². The van der Waals surface area contributed by atoms with Crippen molar-refractivity contribution in [2.75, 3.05) is 13.2 Å². The van der Waals surface area contributed by atoms with Crippen molar-refractivity contribution in [3.8, 4) is 0 Å². The lowest BCUT2D eigenvalue weighted by molar-refractivity contribution is -0.137. The van der Waals surface area contributed by atoms with Gasteiger partial charge in [0.15, 0.2) is 5.65 Å². The van der Waals surface area contributed by atoms with Gasteiger partial charge in [-0.15, -0.1) is 0 Å². The van der Waals surface area contributed by atoms with Crippen LogP contribution in [0.1, 0.15) is 59.7 Å². The molecule has 1 fully saturated rings. The van der Waals surface area contributed by atoms with E-state index in [0.29, 0.717) is 42.8 Å². The molecule has 0 spiro atoms. The summed E-state index contributed by atoms with van der Waals surface area (Å²) in [6, 6.07) is 4.95. The van der Waals surface area contributed by atoms with Gasteiger partial charge >= 0.3 is 6.18 Å². The van der Waals surface area contributed by atoms with Crippen molar-refractivity contribution in [1.29, 1.82) is 0 Å². The molecule has 4 rings (SSSR count). The first-order valence-electron chi connectivity index (χ1n) is 10.1. The molecule has 0 unspecified atom stereocenters. The predicted octanol–water partition coefficient (Wildman–Crippen LogP) is 4.31. The van der Waals surface area contributed by atoms with Gasteiger partial charge in [-0.1, -0.05) is 26.0 Å². The predicted molar refractivity (Wildman–Crippen MR) is 108 cm³/mol. The van der Waals surface area contributed by atoms with E-state index < -0.39 is 17.3 Å². The number of benzene rings is 1. The largest absolute Gasteiger partial charge is 0.416 e. The average molecular weight is 432 g/mol. The number of amides is 1. The second kappa shape index (κ2) is 7.96. The van der Waals surface area contributed by atoms with E-state index >= 15 is 0 Å². The number of aromatic nitrogens is 3. The number of ether oxygens (including phenoxy) is 1. The molecule has 0 atom stereocenters. The Morgan fingerprint density at radius 3 is 2.45 bits per heavy atom. The van der Waals surface area contributed by atoms with Crippen molar-refractivity contribution in [2.24, 2.45) is 0 Å². The number of nitrogens with zero attached hydrogens (tertiary/aromatic N) is 3. The van der Waals surface area contributed by atoms with Crippen LogP contribution in [0.2, 0.25) is 0 Å². The molecule has 1 amide bonds. The molecule has 0 bridgehead atoms. The lowest BCUT2D eigenvalue weighted by Gasteiger charge is -2.38. The van der Waals surface area contributed by atoms with Gasteiger partial charge in [-0.05, 0) is 42.0 Å². The van der Waals surface area contributed by atoms with Crippen molar-refractivity contribution < 1.29 is 22.7 Å². The fourth-order valence-corrected chi connectivity index (χ4v) is 3.82. The van der Waals surface area contributed by atoms with Crippen LogP contribution < -0.4 is 5.32 Å². The van der Waals surface area contributed by atoms with Crippen LogP contribution in [-0.2, 0) is 16.5 Å². The zero-order valence-electron chi connectivity index (χ0n) is 17.2. The highest BCUT2D eigenvalue weighted by atomic mass is 19.4. The van der Waals surface area contributed by atoms with Crippen molar-refractivity contribution >= 4 is 11.6 Å². The number of carbonyl (C=O) groups is 1. The van der Waals surface area contributed by atoms with Gasteiger partial charge in [0.2, 0.25) is 0 Å². The van der Waals surface area contributed by atoms with Crippen LogP contribution in [0.3, 0.4) is 0 Å². The summed E-state index contributed by atoms with van der Waals surface area (Å²) in [5.41, 5.74) is 0.796. The number of halogens is 3. The third-order valence-corrected chi connectivity index (χ3v) is 5.75. The Hall–Kier alpha value is -2.94. The zero-order chi connectivity index (χ0) is 22.2. The maximum Gasteiger partial charge on any atom is 0.416 e. The zero-order valence-corrected chi connectivity index (χ0v) is 17.2. The van der Waals surface area contributed by atoms with Crippen molar-refractivity contribution in [1.82, 2.24) is 19.9 Å². The van der Waals surface area contributed by atoms with Crippen molar-refractivity contribution in [3.05, 3.63) is 65.1 Å². The van der Waals surface area contributed by atoms with Gasteiger partial charge in [0.05, 0.1) is 17.3 Å². The first-order valence-corrected chi connectivity index (χ1v) is 10.1. The SMILES string of the molecule is CC(C)c1cnc2c(C(=O)NC3(c4ccc(C(F)(F)F)cc4)CCOCC3)cnn2c1. The van der Waals surface area contributed by atoms with E-state index in [9.17, 15) is 18.0 Å². The maximum atomic E-state index is 13.2. The number of hydrogen-bond donors (Lipinski definition) is 1. The topological polar surface area (TPSA) is 68.5 Å². The summed E-state index contributed by atoms with van der Waals surface area (Å²) in [5.74, 6) is -0.106. The molecule has 0 saturated carbocycles. The molecule has 3 heterocycles. The first-order chi connectivity index (χ1) is 14.7. The minimum absolute atomic E-state index is 0.267. The molecule has 1 N–H and O–H groups in total. The molecule has 164 valence electrons. The van der Waals surface area contributed by atoms with Crippen LogP contribution in [0.15, 0.2) is 42.9 Å². The van der Waals surface area contributed by atoms with Crippen molar-refractivity contribution in [3.63, 3.8) is 0 Å². The lowest BCUT2D eigenvalue weighted by Crippen LogP contribution is -2.49. The molecule has 31 heavy (non-hydrogen) atoms. The van der Waals surface area contributed by atoms with Gasteiger partial charge in [0.25, 0.3) is 5.91 Å². The van der Waals surface area contributed by atoms with Gasteiger partial charge in [0, 0.05) is 25.6 Å². The van der Waals surface area contributed by atoms with Crippen LogP contribution >= 0.6 is 0 Å². The van der Waals surface area contributed by atoms with E-state index in [-0.39, 0.29) is 11.8 Å². The Morgan fingerprint density at radius 2 is 1.84 bits per heavy atom. The highest BCUT2D eigenvalue weighted by molar-refractivity contribution is 6.00. The van der Waals surface area contributed by atoms with Crippen molar-refractivity contribution in [2.45, 2.75) is 44.3 Å². The van der Waals surface area contributed by atoms with E-state index in [1.807, 2.05) is 20.0 Å². The number of rotatable bonds is 4. The summed E-state index contributed by atoms with van der Waals surface area (Å²) >= 11 is 0. The van der Waals surface area contributed by atoms with Gasteiger partial charge < -0.3 is 10.1 Å². The summed E-state index contributed by atoms with van der Waals surface area (Å²) in [4.78, 5) is 17.6. The molecule has 1 aliphatic rings. The summed E-state index contributed by atoms with van der Waals surface area (Å²) in [6.45, 7) is 4.87. The molecular formula is C22H23F3N4O2. The average Bonchev–Trinajstić information content (AvgIpc) is 3.17. The standard InChI is InChI=1S/C22H23F3N4O2/c1-14(2)15-11-26-19-18(12-27-29(19)13-15)20(30)28-21(7-9-31-10-8-21)16-3-5-17(6-4-16)22(23,24)25/h3-6,11-14H,7-10H2,1-2H3,(H,28,30). The van der Waals surface area contributed by atoms with E-state index in [2.05, 4.69) is 15.4 Å². The number of hydrogen-bond acceptors (Lipinski definition) is 4. The van der Waals surface area contributed by atoms with Crippen LogP contribution in [0.4, 0.5) is 13.2 Å². The third-order valence-electron chi connectivity index (χ3n) is 5.75. The Morgan fingerprint density at radius 1 is 1.16 bits per heavy atom. The quantitative estimate of drug-likeness (QED) is 0.667. The van der Waals surface area contributed by atoms with E-state index in [1.54, 1.807) is 10.7 Å². The highest BCUT2D eigenvalue weighted by Crippen LogP contribution is 2.35. The third kappa shape index (κ3) is 4.14. The molecule has 1 aromatic carbocycles. The van der Waals surface area contributed by atoms with Gasteiger partial charge in [-0.25, -0.2) is 9.50 Å². The normalized spacial score (nSPS) is 16.6. The minimum Gasteiger partial charge on any atom is -0.381 e. The number of alkyl halides is 3. The Kier molecular flexibility index (Phi) is 5.47. The lowest BCUT2D eigenvalue weighted by atomic mass is 9.82. The van der Waals surface area contributed by atoms with Gasteiger partial charge in [-0.2, -0.15) is 18.3 Å². The second-order valence-corrected chi connectivity index (χ2v) is 8.09. The fraction of sp³-hybridized carbons (Fsp3) is 0.409. The van der Waals surface area contributed by atoms with Crippen LogP contribution in [0.5, 0.6) is 0 Å². The summed E-state index contributed by atoms with van der Waals surface area (Å²) in [7, 11) is 0. The van der Waals surface area contributed by atoms with Crippen LogP contribution in [-0.4, -0.2) is 33.7 Å². The van der Waals surface area contributed by atoms with Gasteiger partial charge in [0.1, 0.15) is 5.56 Å². The van der Waals surface area contributed by atoms with Gasteiger partial charge in [-0.3, -0.25) is 4.79 Å². The monoisotopic (exact) mass is 432 g/mol. The van der Waals surface area contributed by atoms with Crippen LogP contribution in [0, 0.1) is 0 Å². The molecule has 9 heteroatoms. The minimum atomic E-state index is -4.41. The highest BCUT2D eigenvalue weighted by Gasteiger charge is 2.38. The Bertz CT molecular complexity index is 1080. The summed E-state index contributed by atoms with van der Waals surface area (Å²) < 4.78 is 45.9. The molecule has 0 radical (unpaired) electrons. The fourth-order valence-electron chi connectivity index (χ4n) is 3.82. The molecule has 6 nitrogen and oxygen atoms in total. The van der Waals surface area contributed by atoms with E-state index in [4.69, 9.17) is 4.74 Å². The van der Waals surface area contributed by atoms with E-state index in [0.717, 1.165) is 17.7 Å². The molecule has 1 aliphatic heterocycles. The molecule has 0 aliphatic carbocycles. The second-order valence-electron chi connectivity index (χ2n) is 8.09. The first kappa shape index (κ1) is 21.3. The van der Waals surface area contributed by atoms with Crippen LogP contribution in [0.25, 0.3) is 5.65 Å². The smallest absolute Gasteiger partial charge is 0.381 e. The molecule has 2 aromatic heterocycles. The molecular weight excluding hydrogens is 409 g/mol. The number of carbonyl (C=O) groups excluding carboxylic acids is 1. The molecule has 3 aromatic rings. The Labute approximate surface area is 177 Å². The number of nitrogens with one attached hydrogen (secondary N) is 1. The summed E-state index contributed by atoms with van der Waals surface area (Å²) in [5, 5.41) is 7.30.